The average molecular weight is 519 g/mol. The van der Waals surface area contributed by atoms with Gasteiger partial charge in [-0.25, -0.2) is 4.68 Å². The summed E-state index contributed by atoms with van der Waals surface area (Å²) >= 11 is 0. The molecule has 0 saturated carbocycles. The Kier molecular flexibility index (Phi) is 8.58. The maximum absolute atomic E-state index is 13.4. The van der Waals surface area contributed by atoms with Gasteiger partial charge in [0.15, 0.2) is 0 Å². The standard InChI is InChI=1S/C29H38N6O3/c1-18(2)27(35-20(4)19(3)32-33-35)17-34-16-24(36)15-26(34)29(38)31-25(28(30)37)14-21-10-12-23(13-11-21)22-8-6-5-7-9-22/h5-13,18,24-27,36H,14-17H2,1-4H3,(H2,30,37)(H,31,38)/t24-,25-,26+,27-/m1/s1. The Balaban J connectivity index is 1.45. The summed E-state index contributed by atoms with van der Waals surface area (Å²) in [4.78, 5) is 27.7. The number of primary amides is 1. The van der Waals surface area contributed by atoms with E-state index in [0.29, 0.717) is 19.5 Å². The van der Waals surface area contributed by atoms with Crippen molar-refractivity contribution in [2.75, 3.05) is 13.1 Å². The zero-order valence-electron chi connectivity index (χ0n) is 22.5. The lowest BCUT2D eigenvalue weighted by Crippen LogP contribution is -2.52. The molecule has 9 heteroatoms. The highest BCUT2D eigenvalue weighted by Crippen LogP contribution is 2.26. The molecule has 3 aromatic rings. The number of hydrogen-bond acceptors (Lipinski definition) is 6. The number of rotatable bonds is 10. The number of nitrogens with two attached hydrogens (primary N) is 1. The second-order valence-electron chi connectivity index (χ2n) is 10.6. The Labute approximate surface area is 224 Å². The number of benzene rings is 2. The highest BCUT2D eigenvalue weighted by atomic mass is 16.3. The van der Waals surface area contributed by atoms with Crippen molar-refractivity contribution in [3.05, 3.63) is 71.5 Å². The summed E-state index contributed by atoms with van der Waals surface area (Å²) in [5.74, 6) is -0.668. The van der Waals surface area contributed by atoms with E-state index in [1.807, 2.05) is 78.0 Å². The van der Waals surface area contributed by atoms with E-state index in [1.165, 1.54) is 0 Å². The summed E-state index contributed by atoms with van der Waals surface area (Å²) in [6.45, 7) is 9.02. The molecule has 9 nitrogen and oxygen atoms in total. The van der Waals surface area contributed by atoms with E-state index < -0.39 is 24.1 Å². The minimum atomic E-state index is -0.856. The van der Waals surface area contributed by atoms with Gasteiger partial charge in [0.25, 0.3) is 0 Å². The Bertz CT molecular complexity index is 1240. The zero-order chi connectivity index (χ0) is 27.4. The summed E-state index contributed by atoms with van der Waals surface area (Å²) < 4.78 is 1.91. The maximum atomic E-state index is 13.4. The summed E-state index contributed by atoms with van der Waals surface area (Å²) in [5, 5.41) is 21.8. The Morgan fingerprint density at radius 1 is 1.08 bits per heavy atom. The number of aliphatic hydroxyl groups is 1. The van der Waals surface area contributed by atoms with Crippen molar-refractivity contribution in [2.24, 2.45) is 11.7 Å². The van der Waals surface area contributed by atoms with E-state index in [-0.39, 0.29) is 24.3 Å². The average Bonchev–Trinajstić information content (AvgIpc) is 3.43. The van der Waals surface area contributed by atoms with E-state index in [4.69, 9.17) is 5.73 Å². The molecule has 1 fully saturated rings. The molecule has 4 atom stereocenters. The minimum Gasteiger partial charge on any atom is -0.392 e. The fourth-order valence-corrected chi connectivity index (χ4v) is 5.09. The molecule has 1 aliphatic rings. The van der Waals surface area contributed by atoms with Crippen LogP contribution in [0.5, 0.6) is 0 Å². The number of β-amino-alcohol motifs (C(OH)–C–C–N with tert-alkyl or cyclic N) is 1. The molecule has 4 rings (SSSR count). The van der Waals surface area contributed by atoms with Crippen LogP contribution in [-0.4, -0.2) is 68.1 Å². The molecule has 0 unspecified atom stereocenters. The third-order valence-corrected chi connectivity index (χ3v) is 7.51. The topological polar surface area (TPSA) is 126 Å². The number of carbonyl (C=O) groups excluding carboxylic acids is 2. The van der Waals surface area contributed by atoms with E-state index in [0.717, 1.165) is 28.1 Å². The number of nitrogens with zero attached hydrogens (tertiary/aromatic N) is 4. The minimum absolute atomic E-state index is 0.0214. The molecule has 0 aliphatic carbocycles. The molecule has 1 aromatic heterocycles. The molecule has 0 bridgehead atoms. The highest BCUT2D eigenvalue weighted by Gasteiger charge is 2.39. The molecule has 1 saturated heterocycles. The van der Waals surface area contributed by atoms with Crippen molar-refractivity contribution in [3.63, 3.8) is 0 Å². The third kappa shape index (κ3) is 6.28. The van der Waals surface area contributed by atoms with Gasteiger partial charge in [0, 0.05) is 19.5 Å². The lowest BCUT2D eigenvalue weighted by Gasteiger charge is -2.31. The first-order valence-corrected chi connectivity index (χ1v) is 13.2. The maximum Gasteiger partial charge on any atom is 0.240 e. The van der Waals surface area contributed by atoms with Crippen LogP contribution in [0, 0.1) is 19.8 Å². The van der Waals surface area contributed by atoms with Gasteiger partial charge in [0.1, 0.15) is 6.04 Å². The van der Waals surface area contributed by atoms with Crippen LogP contribution in [-0.2, 0) is 16.0 Å². The molecule has 0 radical (unpaired) electrons. The number of amides is 2. The van der Waals surface area contributed by atoms with Gasteiger partial charge in [-0.1, -0.05) is 73.7 Å². The molecular weight excluding hydrogens is 480 g/mol. The monoisotopic (exact) mass is 518 g/mol. The second-order valence-corrected chi connectivity index (χ2v) is 10.6. The van der Waals surface area contributed by atoms with Gasteiger partial charge in [0.05, 0.1) is 29.6 Å². The van der Waals surface area contributed by atoms with Gasteiger partial charge in [0.2, 0.25) is 11.8 Å². The first kappa shape index (κ1) is 27.5. The van der Waals surface area contributed by atoms with Gasteiger partial charge < -0.3 is 16.2 Å². The van der Waals surface area contributed by atoms with Crippen LogP contribution in [0.2, 0.25) is 0 Å². The predicted octanol–water partition coefficient (Wildman–Crippen LogP) is 2.41. The largest absolute Gasteiger partial charge is 0.392 e. The predicted molar refractivity (Wildman–Crippen MR) is 146 cm³/mol. The number of aliphatic hydroxyl groups excluding tert-OH is 1. The Morgan fingerprint density at radius 2 is 1.74 bits per heavy atom. The van der Waals surface area contributed by atoms with Crippen molar-refractivity contribution >= 4 is 11.8 Å². The Hall–Kier alpha value is -3.56. The first-order valence-electron chi connectivity index (χ1n) is 13.2. The quantitative estimate of drug-likeness (QED) is 0.378. The summed E-state index contributed by atoms with van der Waals surface area (Å²) in [6.07, 6.45) is -0.0458. The normalized spacial score (nSPS) is 19.4. The van der Waals surface area contributed by atoms with Crippen LogP contribution in [0.1, 0.15) is 43.3 Å². The lowest BCUT2D eigenvalue weighted by molar-refractivity contribution is -0.130. The summed E-state index contributed by atoms with van der Waals surface area (Å²) in [7, 11) is 0. The molecule has 2 heterocycles. The van der Waals surface area contributed by atoms with Crippen LogP contribution < -0.4 is 11.1 Å². The third-order valence-electron chi connectivity index (χ3n) is 7.51. The smallest absolute Gasteiger partial charge is 0.240 e. The highest BCUT2D eigenvalue weighted by molar-refractivity contribution is 5.89. The SMILES string of the molecule is Cc1nnn([C@H](CN2C[C@H](O)C[C@H]2C(=O)N[C@H](Cc2ccc(-c3ccccc3)cc2)C(N)=O)C(C)C)c1C. The second kappa shape index (κ2) is 11.9. The molecular formula is C29H38N6O3. The van der Waals surface area contributed by atoms with Gasteiger partial charge in [-0.2, -0.15) is 0 Å². The molecule has 2 aromatic carbocycles. The molecule has 4 N–H and O–H groups in total. The Morgan fingerprint density at radius 3 is 2.32 bits per heavy atom. The lowest BCUT2D eigenvalue weighted by atomic mass is 10.00. The zero-order valence-corrected chi connectivity index (χ0v) is 22.5. The van der Waals surface area contributed by atoms with Crippen molar-refractivity contribution < 1.29 is 14.7 Å². The van der Waals surface area contributed by atoms with Crippen molar-refractivity contribution in [2.45, 2.75) is 64.8 Å². The van der Waals surface area contributed by atoms with Crippen LogP contribution in [0.25, 0.3) is 11.1 Å². The number of likely N-dealkylation sites (tertiary alicyclic amines) is 1. The molecule has 0 spiro atoms. The fraction of sp³-hybridized carbons (Fsp3) is 0.448. The van der Waals surface area contributed by atoms with Crippen molar-refractivity contribution in [3.8, 4) is 11.1 Å². The molecule has 202 valence electrons. The van der Waals surface area contributed by atoms with Gasteiger partial charge in [-0.15, -0.1) is 5.10 Å². The van der Waals surface area contributed by atoms with Crippen LogP contribution >= 0.6 is 0 Å². The van der Waals surface area contributed by atoms with Gasteiger partial charge >= 0.3 is 0 Å². The van der Waals surface area contributed by atoms with Crippen LogP contribution in [0.15, 0.2) is 54.6 Å². The van der Waals surface area contributed by atoms with Gasteiger partial charge in [-0.05, 0) is 42.9 Å². The summed E-state index contributed by atoms with van der Waals surface area (Å²) in [5.41, 5.74) is 10.6. The van der Waals surface area contributed by atoms with Crippen molar-refractivity contribution in [1.29, 1.82) is 0 Å². The first-order chi connectivity index (χ1) is 18.1. The number of aromatic nitrogens is 3. The summed E-state index contributed by atoms with van der Waals surface area (Å²) in [6, 6.07) is 16.5. The van der Waals surface area contributed by atoms with Gasteiger partial charge in [-0.3, -0.25) is 14.5 Å². The molecule has 38 heavy (non-hydrogen) atoms. The molecule has 2 amide bonds. The molecule has 1 aliphatic heterocycles. The van der Waals surface area contributed by atoms with Crippen molar-refractivity contribution in [1.82, 2.24) is 25.2 Å². The van der Waals surface area contributed by atoms with Crippen LogP contribution in [0.4, 0.5) is 0 Å². The van der Waals surface area contributed by atoms with E-state index in [1.54, 1.807) is 0 Å². The fourth-order valence-electron chi connectivity index (χ4n) is 5.09. The van der Waals surface area contributed by atoms with E-state index >= 15 is 0 Å². The number of hydrogen-bond donors (Lipinski definition) is 3. The number of aryl methyl sites for hydroxylation is 1. The number of carbonyl (C=O) groups is 2. The number of nitrogens with one attached hydrogen (secondary N) is 1. The van der Waals surface area contributed by atoms with E-state index in [2.05, 4.69) is 29.5 Å². The van der Waals surface area contributed by atoms with E-state index in [9.17, 15) is 14.7 Å². The van der Waals surface area contributed by atoms with Crippen LogP contribution in [0.3, 0.4) is 0 Å².